The highest BCUT2D eigenvalue weighted by atomic mass is 19.4. The predicted octanol–water partition coefficient (Wildman–Crippen LogP) is 4.04. The lowest BCUT2D eigenvalue weighted by Gasteiger charge is -2.19. The van der Waals surface area contributed by atoms with Gasteiger partial charge in [-0.15, -0.1) is 0 Å². The van der Waals surface area contributed by atoms with Crippen molar-refractivity contribution in [1.29, 1.82) is 0 Å². The smallest absolute Gasteiger partial charge is 0.357 e. The van der Waals surface area contributed by atoms with Crippen LogP contribution in [0.1, 0.15) is 29.5 Å². The fourth-order valence-electron chi connectivity index (χ4n) is 3.11. The summed E-state index contributed by atoms with van der Waals surface area (Å²) < 4.78 is 37.8. The lowest BCUT2D eigenvalue weighted by molar-refractivity contribution is -0.137. The summed E-state index contributed by atoms with van der Waals surface area (Å²) in [5.74, 6) is 0.951. The number of urea groups is 1. The second kappa shape index (κ2) is 8.50. The third-order valence-corrected chi connectivity index (χ3v) is 4.73. The van der Waals surface area contributed by atoms with Gasteiger partial charge in [-0.3, -0.25) is 0 Å². The van der Waals surface area contributed by atoms with Crippen LogP contribution in [-0.4, -0.2) is 36.1 Å². The Labute approximate surface area is 162 Å². The van der Waals surface area contributed by atoms with Crippen LogP contribution in [0.25, 0.3) is 0 Å². The summed E-state index contributed by atoms with van der Waals surface area (Å²) >= 11 is 0. The van der Waals surface area contributed by atoms with Crippen molar-refractivity contribution in [3.8, 4) is 0 Å². The molecule has 0 spiro atoms. The molecule has 1 saturated heterocycles. The van der Waals surface area contributed by atoms with Crippen LogP contribution in [-0.2, 0) is 19.3 Å². The topological polar surface area (TPSA) is 48.5 Å². The van der Waals surface area contributed by atoms with Gasteiger partial charge < -0.3 is 15.1 Å². The largest absolute Gasteiger partial charge is 0.416 e. The molecule has 28 heavy (non-hydrogen) atoms. The van der Waals surface area contributed by atoms with E-state index in [1.165, 1.54) is 29.9 Å². The van der Waals surface area contributed by atoms with Crippen molar-refractivity contribution in [2.75, 3.05) is 25.0 Å². The number of amides is 2. The van der Waals surface area contributed by atoms with Gasteiger partial charge in [-0.2, -0.15) is 13.2 Å². The Morgan fingerprint density at radius 2 is 1.75 bits per heavy atom. The number of alkyl halides is 3. The van der Waals surface area contributed by atoms with E-state index < -0.39 is 11.7 Å². The average Bonchev–Trinajstić information content (AvgIpc) is 3.21. The maximum atomic E-state index is 12.6. The normalized spacial score (nSPS) is 14.2. The van der Waals surface area contributed by atoms with E-state index in [1.807, 2.05) is 12.1 Å². The van der Waals surface area contributed by atoms with Crippen LogP contribution in [0.4, 0.5) is 23.8 Å². The molecule has 0 aliphatic carbocycles. The van der Waals surface area contributed by atoms with Crippen LogP contribution >= 0.6 is 0 Å². The van der Waals surface area contributed by atoms with Gasteiger partial charge in [0.1, 0.15) is 5.82 Å². The second-order valence-corrected chi connectivity index (χ2v) is 6.93. The van der Waals surface area contributed by atoms with Crippen molar-refractivity contribution in [2.24, 2.45) is 0 Å². The number of anilines is 1. The van der Waals surface area contributed by atoms with E-state index in [4.69, 9.17) is 0 Å². The number of carbonyl (C=O) groups excluding carboxylic acids is 1. The summed E-state index contributed by atoms with van der Waals surface area (Å²) in [4.78, 5) is 20.3. The number of hydrogen-bond acceptors (Lipinski definition) is 3. The van der Waals surface area contributed by atoms with Crippen molar-refractivity contribution in [3.63, 3.8) is 0 Å². The molecule has 2 aromatic rings. The van der Waals surface area contributed by atoms with Crippen molar-refractivity contribution in [1.82, 2.24) is 15.2 Å². The molecule has 2 amide bonds. The van der Waals surface area contributed by atoms with Gasteiger partial charge in [0.15, 0.2) is 0 Å². The number of pyridine rings is 1. The summed E-state index contributed by atoms with van der Waals surface area (Å²) in [5, 5.41) is 2.80. The lowest BCUT2D eigenvalue weighted by atomic mass is 10.1. The number of nitrogens with one attached hydrogen (secondary N) is 1. The maximum Gasteiger partial charge on any atom is 0.416 e. The van der Waals surface area contributed by atoms with E-state index in [2.05, 4.69) is 15.2 Å². The first-order valence-corrected chi connectivity index (χ1v) is 9.18. The minimum atomic E-state index is -4.36. The number of aromatic nitrogens is 1. The Kier molecular flexibility index (Phi) is 6.06. The highest BCUT2D eigenvalue weighted by molar-refractivity contribution is 5.73. The third-order valence-electron chi connectivity index (χ3n) is 4.73. The second-order valence-electron chi connectivity index (χ2n) is 6.93. The number of halogens is 3. The molecule has 1 aliphatic heterocycles. The number of benzene rings is 1. The molecular weight excluding hydrogens is 369 g/mol. The van der Waals surface area contributed by atoms with Crippen LogP contribution in [0.3, 0.4) is 0 Å². The molecule has 1 fully saturated rings. The number of hydrogen-bond donors (Lipinski definition) is 1. The van der Waals surface area contributed by atoms with Gasteiger partial charge in [-0.05, 0) is 42.2 Å². The molecule has 1 N–H and O–H groups in total. The number of nitrogens with zero attached hydrogens (tertiary/aromatic N) is 3. The fraction of sp³-hybridized carbons (Fsp3) is 0.400. The van der Waals surface area contributed by atoms with E-state index >= 15 is 0 Å². The lowest BCUT2D eigenvalue weighted by Crippen LogP contribution is -2.36. The SMILES string of the molecule is CN(Cc1ccc(C(F)(F)F)cc1)C(=O)NCc1ccc(N2CCCC2)nc1. The van der Waals surface area contributed by atoms with Gasteiger partial charge in [-0.1, -0.05) is 18.2 Å². The van der Waals surface area contributed by atoms with Crippen LogP contribution < -0.4 is 10.2 Å². The first-order chi connectivity index (χ1) is 13.3. The number of carbonyl (C=O) groups is 1. The summed E-state index contributed by atoms with van der Waals surface area (Å²) in [7, 11) is 1.60. The van der Waals surface area contributed by atoms with Gasteiger partial charge in [0.25, 0.3) is 0 Å². The minimum absolute atomic E-state index is 0.218. The maximum absolute atomic E-state index is 12.6. The molecule has 0 atom stereocenters. The predicted molar refractivity (Wildman–Crippen MR) is 101 cm³/mol. The van der Waals surface area contributed by atoms with Crippen LogP contribution in [0.5, 0.6) is 0 Å². The van der Waals surface area contributed by atoms with Gasteiger partial charge >= 0.3 is 12.2 Å². The summed E-state index contributed by atoms with van der Waals surface area (Å²) in [6.07, 6.45) is -0.237. The Bertz CT molecular complexity index is 785. The van der Waals surface area contributed by atoms with Gasteiger partial charge in [-0.25, -0.2) is 9.78 Å². The molecule has 150 valence electrons. The monoisotopic (exact) mass is 392 g/mol. The molecule has 1 aromatic heterocycles. The van der Waals surface area contributed by atoms with E-state index in [0.717, 1.165) is 36.6 Å². The standard InChI is InChI=1S/C20H23F3N4O/c1-26(14-15-4-7-17(8-5-15)20(21,22)23)19(28)25-13-16-6-9-18(24-12-16)27-10-2-3-11-27/h4-9,12H,2-3,10-11,13-14H2,1H3,(H,25,28). The summed E-state index contributed by atoms with van der Waals surface area (Å²) in [6, 6.07) is 8.41. The van der Waals surface area contributed by atoms with Crippen molar-refractivity contribution in [2.45, 2.75) is 32.1 Å². The Hall–Kier alpha value is -2.77. The Morgan fingerprint density at radius 3 is 2.32 bits per heavy atom. The average molecular weight is 392 g/mol. The fourth-order valence-corrected chi connectivity index (χ4v) is 3.11. The van der Waals surface area contributed by atoms with Crippen LogP contribution in [0.2, 0.25) is 0 Å². The zero-order valence-corrected chi connectivity index (χ0v) is 15.7. The minimum Gasteiger partial charge on any atom is -0.357 e. The van der Waals surface area contributed by atoms with Gasteiger partial charge in [0, 0.05) is 39.4 Å². The Balaban J connectivity index is 1.48. The van der Waals surface area contributed by atoms with Crippen molar-refractivity contribution in [3.05, 3.63) is 59.3 Å². The third kappa shape index (κ3) is 5.15. The first kappa shape index (κ1) is 20.0. The molecule has 2 heterocycles. The molecule has 1 aliphatic rings. The van der Waals surface area contributed by atoms with Crippen molar-refractivity contribution < 1.29 is 18.0 Å². The van der Waals surface area contributed by atoms with Gasteiger partial charge in [0.05, 0.1) is 5.56 Å². The molecule has 0 radical (unpaired) electrons. The van der Waals surface area contributed by atoms with E-state index in [0.29, 0.717) is 12.1 Å². The van der Waals surface area contributed by atoms with Gasteiger partial charge in [0.2, 0.25) is 0 Å². The zero-order valence-electron chi connectivity index (χ0n) is 15.7. The number of rotatable bonds is 5. The zero-order chi connectivity index (χ0) is 20.1. The first-order valence-electron chi connectivity index (χ1n) is 9.18. The van der Waals surface area contributed by atoms with E-state index in [1.54, 1.807) is 13.2 Å². The molecular formula is C20H23F3N4O. The molecule has 8 heteroatoms. The molecule has 0 bridgehead atoms. The molecule has 0 unspecified atom stereocenters. The van der Waals surface area contributed by atoms with Crippen molar-refractivity contribution >= 4 is 11.8 Å². The molecule has 3 rings (SSSR count). The molecule has 0 saturated carbocycles. The summed E-state index contributed by atoms with van der Waals surface area (Å²) in [6.45, 7) is 2.61. The quantitative estimate of drug-likeness (QED) is 0.835. The highest BCUT2D eigenvalue weighted by Crippen LogP contribution is 2.29. The van der Waals surface area contributed by atoms with Crippen LogP contribution in [0.15, 0.2) is 42.6 Å². The molecule has 1 aromatic carbocycles. The van der Waals surface area contributed by atoms with E-state index in [9.17, 15) is 18.0 Å². The van der Waals surface area contributed by atoms with Crippen LogP contribution in [0, 0.1) is 0 Å². The van der Waals surface area contributed by atoms with E-state index in [-0.39, 0.29) is 12.6 Å². The Morgan fingerprint density at radius 1 is 1.11 bits per heavy atom. The highest BCUT2D eigenvalue weighted by Gasteiger charge is 2.30. The summed E-state index contributed by atoms with van der Waals surface area (Å²) in [5.41, 5.74) is 0.815. The molecule has 5 nitrogen and oxygen atoms in total.